The molecule has 0 heterocycles. The summed E-state index contributed by atoms with van der Waals surface area (Å²) >= 11 is 5.71. The molecule has 28 heavy (non-hydrogen) atoms. The minimum atomic E-state index is -1.21. The number of hydrogen-bond donors (Lipinski definition) is 2. The first-order valence-electron chi connectivity index (χ1n) is 8.01. The number of hydrogen-bond acceptors (Lipinski definition) is 6. The van der Waals surface area contributed by atoms with E-state index in [1.165, 1.54) is 19.9 Å². The second kappa shape index (κ2) is 8.96. The van der Waals surface area contributed by atoms with Crippen molar-refractivity contribution in [2.45, 2.75) is 20.0 Å². The molecule has 0 spiro atoms. The lowest BCUT2D eigenvalue weighted by atomic mass is 10.2. The fraction of sp³-hybridized carbons (Fsp3) is 0.167. The van der Waals surface area contributed by atoms with Gasteiger partial charge in [-0.2, -0.15) is 0 Å². The van der Waals surface area contributed by atoms with Crippen LogP contribution in [0, 0.1) is 10.1 Å². The fourth-order valence-corrected chi connectivity index (χ4v) is 2.36. The molecule has 0 aliphatic heterocycles. The molecule has 146 valence electrons. The van der Waals surface area contributed by atoms with Crippen LogP contribution in [0.3, 0.4) is 0 Å². The van der Waals surface area contributed by atoms with E-state index in [1.54, 1.807) is 24.3 Å². The molecule has 1 unspecified atom stereocenters. The molecule has 0 aliphatic rings. The highest BCUT2D eigenvalue weighted by Gasteiger charge is 2.25. The Morgan fingerprint density at radius 2 is 1.64 bits per heavy atom. The summed E-state index contributed by atoms with van der Waals surface area (Å²) in [5.74, 6) is -1.88. The molecule has 2 aromatic rings. The van der Waals surface area contributed by atoms with Crippen molar-refractivity contribution in [1.82, 2.24) is 0 Å². The zero-order chi connectivity index (χ0) is 20.8. The van der Waals surface area contributed by atoms with E-state index in [4.69, 9.17) is 16.3 Å². The van der Waals surface area contributed by atoms with Crippen molar-refractivity contribution in [3.05, 3.63) is 63.2 Å². The number of anilines is 2. The van der Waals surface area contributed by atoms with Gasteiger partial charge in [0.15, 0.2) is 6.10 Å². The van der Waals surface area contributed by atoms with Gasteiger partial charge in [-0.15, -0.1) is 0 Å². The van der Waals surface area contributed by atoms with Gasteiger partial charge in [-0.1, -0.05) is 11.6 Å². The number of carbonyl (C=O) groups is 3. The van der Waals surface area contributed by atoms with Crippen LogP contribution >= 0.6 is 11.6 Å². The van der Waals surface area contributed by atoms with E-state index in [0.29, 0.717) is 11.4 Å². The number of nitro groups is 1. The van der Waals surface area contributed by atoms with Gasteiger partial charge in [-0.3, -0.25) is 19.7 Å². The first kappa shape index (κ1) is 20.8. The number of ether oxygens (including phenoxy) is 1. The van der Waals surface area contributed by atoms with Crippen molar-refractivity contribution in [1.29, 1.82) is 0 Å². The molecule has 0 fully saturated rings. The standard InChI is InChI=1S/C18H16ClN3O6/c1-10(17(24)21-14-6-4-13(5-7-14)20-11(2)23)28-18(25)15-8-3-12(19)9-16(15)22(26)27/h3-10H,1-2H3,(H,20,23)(H,21,24). The lowest BCUT2D eigenvalue weighted by Crippen LogP contribution is -2.30. The van der Waals surface area contributed by atoms with Crippen LogP contribution in [0.4, 0.5) is 17.1 Å². The third-order valence-electron chi connectivity index (χ3n) is 3.50. The number of halogens is 1. The van der Waals surface area contributed by atoms with E-state index in [1.807, 2.05) is 0 Å². The Hall–Kier alpha value is -3.46. The molecule has 2 aromatic carbocycles. The SMILES string of the molecule is CC(=O)Nc1ccc(NC(=O)C(C)OC(=O)c2ccc(Cl)cc2[N+](=O)[O-])cc1. The van der Waals surface area contributed by atoms with Crippen molar-refractivity contribution in [2.24, 2.45) is 0 Å². The quantitative estimate of drug-likeness (QED) is 0.430. The van der Waals surface area contributed by atoms with Gasteiger partial charge in [0.2, 0.25) is 5.91 Å². The molecule has 2 N–H and O–H groups in total. The van der Waals surface area contributed by atoms with Crippen molar-refractivity contribution in [3.63, 3.8) is 0 Å². The number of amides is 2. The summed E-state index contributed by atoms with van der Waals surface area (Å²) in [4.78, 5) is 45.7. The Labute approximate surface area is 164 Å². The Morgan fingerprint density at radius 1 is 1.07 bits per heavy atom. The number of rotatable bonds is 6. The highest BCUT2D eigenvalue weighted by atomic mass is 35.5. The lowest BCUT2D eigenvalue weighted by molar-refractivity contribution is -0.385. The summed E-state index contributed by atoms with van der Waals surface area (Å²) in [6.45, 7) is 2.71. The molecule has 2 amide bonds. The van der Waals surface area contributed by atoms with E-state index >= 15 is 0 Å². The molecule has 9 nitrogen and oxygen atoms in total. The number of nitro benzene ring substituents is 1. The second-order valence-electron chi connectivity index (χ2n) is 5.71. The Morgan fingerprint density at radius 3 is 2.18 bits per heavy atom. The Balaban J connectivity index is 2.03. The van der Waals surface area contributed by atoms with Crippen molar-refractivity contribution >= 4 is 46.4 Å². The zero-order valence-corrected chi connectivity index (χ0v) is 15.6. The van der Waals surface area contributed by atoms with Crippen molar-refractivity contribution < 1.29 is 24.0 Å². The summed E-state index contributed by atoms with van der Waals surface area (Å²) in [5, 5.41) is 16.3. The summed E-state index contributed by atoms with van der Waals surface area (Å²) in [6.07, 6.45) is -1.21. The average molecular weight is 406 g/mol. The molecular formula is C18H16ClN3O6. The minimum absolute atomic E-state index is 0.0942. The van der Waals surface area contributed by atoms with E-state index in [-0.39, 0.29) is 16.5 Å². The van der Waals surface area contributed by atoms with E-state index in [2.05, 4.69) is 10.6 Å². The Kier molecular flexibility index (Phi) is 6.67. The van der Waals surface area contributed by atoms with E-state index in [0.717, 1.165) is 12.1 Å². The van der Waals surface area contributed by atoms with Crippen molar-refractivity contribution in [2.75, 3.05) is 10.6 Å². The number of carbonyl (C=O) groups excluding carboxylic acids is 3. The summed E-state index contributed by atoms with van der Waals surface area (Å²) in [5.41, 5.74) is 0.145. The third kappa shape index (κ3) is 5.52. The number of nitrogens with zero attached hydrogens (tertiary/aromatic N) is 1. The van der Waals surface area contributed by atoms with Crippen LogP contribution < -0.4 is 10.6 Å². The molecule has 0 aromatic heterocycles. The van der Waals surface area contributed by atoms with E-state index < -0.39 is 28.6 Å². The zero-order valence-electron chi connectivity index (χ0n) is 14.9. The third-order valence-corrected chi connectivity index (χ3v) is 3.74. The van der Waals surface area contributed by atoms with Gasteiger partial charge in [0.25, 0.3) is 11.6 Å². The van der Waals surface area contributed by atoms with Gasteiger partial charge < -0.3 is 15.4 Å². The van der Waals surface area contributed by atoms with Crippen LogP contribution in [0.2, 0.25) is 5.02 Å². The molecule has 0 saturated carbocycles. The Bertz CT molecular complexity index is 929. The molecule has 0 bridgehead atoms. The maximum atomic E-state index is 12.2. The van der Waals surface area contributed by atoms with Gasteiger partial charge in [0.1, 0.15) is 5.56 Å². The second-order valence-corrected chi connectivity index (χ2v) is 6.15. The molecule has 0 aliphatic carbocycles. The van der Waals surface area contributed by atoms with Crippen LogP contribution in [-0.2, 0) is 14.3 Å². The van der Waals surface area contributed by atoms with Crippen molar-refractivity contribution in [3.8, 4) is 0 Å². The van der Waals surface area contributed by atoms with Crippen LogP contribution in [0.15, 0.2) is 42.5 Å². The minimum Gasteiger partial charge on any atom is -0.449 e. The van der Waals surface area contributed by atoms with Crippen LogP contribution in [0.5, 0.6) is 0 Å². The smallest absolute Gasteiger partial charge is 0.345 e. The van der Waals surface area contributed by atoms with Crippen LogP contribution in [0.1, 0.15) is 24.2 Å². The molecule has 1 atom stereocenters. The molecular weight excluding hydrogens is 390 g/mol. The maximum absolute atomic E-state index is 12.2. The molecule has 0 radical (unpaired) electrons. The normalized spacial score (nSPS) is 11.2. The summed E-state index contributed by atoms with van der Waals surface area (Å²) in [6, 6.07) is 9.79. The summed E-state index contributed by atoms with van der Waals surface area (Å²) in [7, 11) is 0. The molecule has 2 rings (SSSR count). The van der Waals surface area contributed by atoms with Gasteiger partial charge >= 0.3 is 5.97 Å². The van der Waals surface area contributed by atoms with Crippen LogP contribution in [-0.4, -0.2) is 28.8 Å². The van der Waals surface area contributed by atoms with Gasteiger partial charge in [-0.25, -0.2) is 4.79 Å². The predicted molar refractivity (Wildman–Crippen MR) is 102 cm³/mol. The highest BCUT2D eigenvalue weighted by Crippen LogP contribution is 2.24. The predicted octanol–water partition coefficient (Wildman–Crippen LogP) is 3.39. The van der Waals surface area contributed by atoms with Gasteiger partial charge in [-0.05, 0) is 43.3 Å². The number of nitrogens with one attached hydrogen (secondary N) is 2. The first-order chi connectivity index (χ1) is 13.2. The van der Waals surface area contributed by atoms with E-state index in [9.17, 15) is 24.5 Å². The summed E-state index contributed by atoms with van der Waals surface area (Å²) < 4.78 is 5.02. The lowest BCUT2D eigenvalue weighted by Gasteiger charge is -2.14. The average Bonchev–Trinajstić information content (AvgIpc) is 2.62. The largest absolute Gasteiger partial charge is 0.449 e. The fourth-order valence-electron chi connectivity index (χ4n) is 2.19. The molecule has 0 saturated heterocycles. The monoisotopic (exact) mass is 405 g/mol. The number of esters is 1. The number of benzene rings is 2. The maximum Gasteiger partial charge on any atom is 0.345 e. The first-order valence-corrected chi connectivity index (χ1v) is 8.38. The highest BCUT2D eigenvalue weighted by molar-refractivity contribution is 6.31. The molecule has 10 heteroatoms. The van der Waals surface area contributed by atoms with Gasteiger partial charge in [0, 0.05) is 29.4 Å². The van der Waals surface area contributed by atoms with Gasteiger partial charge in [0.05, 0.1) is 4.92 Å². The topological polar surface area (TPSA) is 128 Å². The van der Waals surface area contributed by atoms with Crippen LogP contribution in [0.25, 0.3) is 0 Å².